The lowest BCUT2D eigenvalue weighted by Gasteiger charge is -2.35. The van der Waals surface area contributed by atoms with Crippen LogP contribution in [0.4, 0.5) is 4.39 Å². The van der Waals surface area contributed by atoms with E-state index in [2.05, 4.69) is 24.1 Å². The molecule has 40 heavy (non-hydrogen) atoms. The molecule has 1 spiro atoms. The third-order valence-corrected chi connectivity index (χ3v) is 8.46. The van der Waals surface area contributed by atoms with Crippen LogP contribution in [0.15, 0.2) is 72.8 Å². The maximum absolute atomic E-state index is 14.1. The van der Waals surface area contributed by atoms with Gasteiger partial charge >= 0.3 is 5.97 Å². The molecule has 2 aliphatic heterocycles. The van der Waals surface area contributed by atoms with E-state index in [0.717, 1.165) is 36.6 Å². The minimum absolute atomic E-state index is 0.00838. The maximum Gasteiger partial charge on any atom is 0.313 e. The van der Waals surface area contributed by atoms with Gasteiger partial charge in [-0.05, 0) is 62.7 Å². The van der Waals surface area contributed by atoms with E-state index in [1.54, 1.807) is 33.1 Å². The fraction of sp³-hybridized carbons (Fsp3) is 0.364. The smallest absolute Gasteiger partial charge is 0.313 e. The van der Waals surface area contributed by atoms with Crippen LogP contribution in [0.3, 0.4) is 0 Å². The zero-order valence-corrected chi connectivity index (χ0v) is 23.4. The van der Waals surface area contributed by atoms with E-state index >= 15 is 0 Å². The van der Waals surface area contributed by atoms with Crippen LogP contribution in [-0.4, -0.2) is 54.0 Å². The SMILES string of the molecule is CC(C)(C(=O)O)c1ccc(-c2ccccc2)c(F)c1.COc1ccc2c3c1O[C@H]1C[C@@H](O)C=C[C@@]31CCN(C)C2. The van der Waals surface area contributed by atoms with E-state index in [9.17, 15) is 14.3 Å². The largest absolute Gasteiger partial charge is 0.493 e. The van der Waals surface area contributed by atoms with Gasteiger partial charge in [-0.1, -0.05) is 60.7 Å². The van der Waals surface area contributed by atoms with Gasteiger partial charge in [0, 0.05) is 24.1 Å². The van der Waals surface area contributed by atoms with E-state index in [4.69, 9.17) is 14.6 Å². The van der Waals surface area contributed by atoms with Gasteiger partial charge in [0.25, 0.3) is 0 Å². The first-order valence-electron chi connectivity index (χ1n) is 13.6. The number of rotatable bonds is 4. The minimum atomic E-state index is -1.10. The van der Waals surface area contributed by atoms with Gasteiger partial charge < -0.3 is 24.6 Å². The van der Waals surface area contributed by atoms with Crippen molar-refractivity contribution in [1.29, 1.82) is 0 Å². The van der Waals surface area contributed by atoms with Gasteiger partial charge in [0.05, 0.1) is 24.0 Å². The summed E-state index contributed by atoms with van der Waals surface area (Å²) in [5.74, 6) is 0.307. The number of methoxy groups -OCH3 is 1. The van der Waals surface area contributed by atoms with Gasteiger partial charge in [0.1, 0.15) is 11.9 Å². The topological polar surface area (TPSA) is 79.2 Å². The maximum atomic E-state index is 14.1. The Bertz CT molecular complexity index is 1440. The van der Waals surface area contributed by atoms with E-state index < -0.39 is 23.3 Å². The second kappa shape index (κ2) is 10.7. The summed E-state index contributed by atoms with van der Waals surface area (Å²) in [7, 11) is 3.84. The van der Waals surface area contributed by atoms with Gasteiger partial charge in [-0.3, -0.25) is 4.79 Å². The van der Waals surface area contributed by atoms with E-state index in [-0.39, 0.29) is 11.5 Å². The molecule has 0 fully saturated rings. The van der Waals surface area contributed by atoms with Crippen molar-refractivity contribution in [2.45, 2.75) is 56.3 Å². The molecule has 3 atom stereocenters. The number of aliphatic hydroxyl groups is 1. The molecule has 3 aromatic carbocycles. The molecule has 2 N–H and O–H groups in total. The van der Waals surface area contributed by atoms with E-state index in [1.165, 1.54) is 17.2 Å². The number of carboxylic acid groups (broad SMARTS) is 1. The van der Waals surface area contributed by atoms with Crippen LogP contribution >= 0.6 is 0 Å². The Morgan fingerprint density at radius 1 is 1.15 bits per heavy atom. The van der Waals surface area contributed by atoms with E-state index in [0.29, 0.717) is 17.5 Å². The van der Waals surface area contributed by atoms with Crippen LogP contribution in [0.5, 0.6) is 11.5 Å². The molecule has 0 unspecified atom stereocenters. The number of carboxylic acids is 1. The summed E-state index contributed by atoms with van der Waals surface area (Å²) in [6.07, 6.45) is 5.38. The highest BCUT2D eigenvalue weighted by atomic mass is 19.1. The summed E-state index contributed by atoms with van der Waals surface area (Å²) < 4.78 is 25.9. The highest BCUT2D eigenvalue weighted by Gasteiger charge is 2.52. The zero-order valence-electron chi connectivity index (χ0n) is 23.4. The average Bonchev–Trinajstić information content (AvgIpc) is 3.19. The van der Waals surface area contributed by atoms with Crippen LogP contribution in [0.2, 0.25) is 0 Å². The van der Waals surface area contributed by atoms with Crippen molar-refractivity contribution in [3.63, 3.8) is 0 Å². The number of carbonyl (C=O) groups is 1. The standard InChI is InChI=1S/C17H21NO3.C16H15FO2/c1-18-8-7-17-6-5-12(19)9-14(17)21-16-13(20-2)4-3-11(10-18)15(16)17;1-16(2,15(18)19)12-8-9-13(14(17)10-12)11-6-4-3-5-7-11/h3-6,12,14,19H,7-10H2,1-2H3;3-10H,1-2H3,(H,18,19)/t12-,14-,17-;/m0./s1. The Morgan fingerprint density at radius 3 is 2.58 bits per heavy atom. The summed E-state index contributed by atoms with van der Waals surface area (Å²) in [5.41, 5.74) is 3.09. The number of benzene rings is 3. The number of nitrogens with zero attached hydrogens (tertiary/aromatic N) is 1. The molecule has 0 amide bonds. The quantitative estimate of drug-likeness (QED) is 0.409. The first-order chi connectivity index (χ1) is 19.1. The molecule has 6 rings (SSSR count). The van der Waals surface area contributed by atoms with E-state index in [1.807, 2.05) is 42.5 Å². The summed E-state index contributed by atoms with van der Waals surface area (Å²) in [6, 6.07) is 17.9. The highest BCUT2D eigenvalue weighted by molar-refractivity contribution is 5.80. The second-order valence-electron chi connectivity index (χ2n) is 11.4. The van der Waals surface area contributed by atoms with Gasteiger partial charge in [0.15, 0.2) is 11.5 Å². The number of ether oxygens (including phenoxy) is 2. The average molecular weight is 546 g/mol. The van der Waals surface area contributed by atoms with Crippen molar-refractivity contribution in [2.24, 2.45) is 0 Å². The number of hydrogen-bond donors (Lipinski definition) is 2. The summed E-state index contributed by atoms with van der Waals surface area (Å²) in [4.78, 5) is 13.5. The van der Waals surface area contributed by atoms with Crippen LogP contribution in [0.1, 0.15) is 43.4 Å². The minimum Gasteiger partial charge on any atom is -0.493 e. The van der Waals surface area contributed by atoms with Crippen molar-refractivity contribution < 1.29 is 28.9 Å². The Balaban J connectivity index is 0.000000162. The number of aliphatic carboxylic acids is 1. The Labute approximate surface area is 234 Å². The van der Waals surface area contributed by atoms with Crippen LogP contribution in [0.25, 0.3) is 11.1 Å². The van der Waals surface area contributed by atoms with Gasteiger partial charge in [0.2, 0.25) is 0 Å². The molecule has 3 aromatic rings. The predicted molar refractivity (Wildman–Crippen MR) is 152 cm³/mol. The summed E-state index contributed by atoms with van der Waals surface area (Å²) in [6.45, 7) is 5.08. The lowest BCUT2D eigenvalue weighted by Crippen LogP contribution is -2.42. The molecule has 7 heteroatoms. The highest BCUT2D eigenvalue weighted by Crippen LogP contribution is 2.55. The third kappa shape index (κ3) is 4.88. The Hall–Kier alpha value is -3.68. The second-order valence-corrected chi connectivity index (χ2v) is 11.4. The number of aliphatic hydroxyl groups excluding tert-OH is 1. The molecule has 3 aliphatic rings. The fourth-order valence-corrected chi connectivity index (χ4v) is 5.96. The molecular weight excluding hydrogens is 509 g/mol. The summed E-state index contributed by atoms with van der Waals surface area (Å²) in [5, 5.41) is 19.1. The molecule has 0 aromatic heterocycles. The number of halogens is 1. The summed E-state index contributed by atoms with van der Waals surface area (Å²) >= 11 is 0. The molecule has 0 radical (unpaired) electrons. The van der Waals surface area contributed by atoms with Crippen LogP contribution < -0.4 is 9.47 Å². The van der Waals surface area contributed by atoms with Gasteiger partial charge in [-0.15, -0.1) is 0 Å². The first kappa shape index (κ1) is 27.9. The molecular formula is C33H36FNO5. The molecule has 0 bridgehead atoms. The zero-order chi connectivity index (χ0) is 28.7. The van der Waals surface area contributed by atoms with Gasteiger partial charge in [-0.25, -0.2) is 4.39 Å². The molecule has 210 valence electrons. The van der Waals surface area contributed by atoms with Crippen molar-refractivity contribution in [3.05, 3.63) is 95.3 Å². The first-order valence-corrected chi connectivity index (χ1v) is 13.6. The van der Waals surface area contributed by atoms with Crippen LogP contribution in [-0.2, 0) is 22.2 Å². The fourth-order valence-electron chi connectivity index (χ4n) is 5.96. The van der Waals surface area contributed by atoms with Crippen molar-refractivity contribution in [2.75, 3.05) is 20.7 Å². The number of hydrogen-bond acceptors (Lipinski definition) is 5. The van der Waals surface area contributed by atoms with Crippen molar-refractivity contribution in [3.8, 4) is 22.6 Å². The lowest BCUT2D eigenvalue weighted by atomic mass is 9.69. The predicted octanol–water partition coefficient (Wildman–Crippen LogP) is 5.71. The van der Waals surface area contributed by atoms with Gasteiger partial charge in [-0.2, -0.15) is 0 Å². The normalized spacial score (nSPS) is 23.1. The Morgan fingerprint density at radius 2 is 1.90 bits per heavy atom. The van der Waals surface area contributed by atoms with Crippen molar-refractivity contribution >= 4 is 5.97 Å². The molecule has 0 saturated carbocycles. The third-order valence-electron chi connectivity index (χ3n) is 8.46. The monoisotopic (exact) mass is 545 g/mol. The van der Waals surface area contributed by atoms with Crippen molar-refractivity contribution in [1.82, 2.24) is 4.90 Å². The van der Waals surface area contributed by atoms with Crippen LogP contribution in [0, 0.1) is 5.82 Å². The molecule has 0 saturated heterocycles. The molecule has 2 heterocycles. The molecule has 6 nitrogen and oxygen atoms in total. The Kier molecular flexibility index (Phi) is 7.46. The molecule has 1 aliphatic carbocycles. The lowest BCUT2D eigenvalue weighted by molar-refractivity contribution is -0.142.